The smallest absolute Gasteiger partial charge is 0.257 e. The first-order valence-corrected chi connectivity index (χ1v) is 9.31. The summed E-state index contributed by atoms with van der Waals surface area (Å²) in [6.45, 7) is 8.41. The van der Waals surface area contributed by atoms with E-state index >= 15 is 0 Å². The van der Waals surface area contributed by atoms with Crippen molar-refractivity contribution >= 4 is 5.91 Å². The normalized spacial score (nSPS) is 22.7. The molecule has 1 aromatic rings. The number of phenols is 1. The fourth-order valence-electron chi connectivity index (χ4n) is 4.01. The van der Waals surface area contributed by atoms with E-state index in [2.05, 4.69) is 18.9 Å². The molecule has 5 nitrogen and oxygen atoms in total. The molecule has 1 N–H and O–H groups in total. The SMILES string of the molecule is CCN(C)C[C@@H]1CC2(CCN(C(=O)c3cc(C)ccc3O)CC2)CO1. The number of phenolic OH excluding ortho intramolecular Hbond substituents is 1. The molecule has 0 aromatic heterocycles. The van der Waals surface area contributed by atoms with Crippen LogP contribution in [0.2, 0.25) is 0 Å². The molecular weight excluding hydrogens is 316 g/mol. The molecule has 0 aliphatic carbocycles. The van der Waals surface area contributed by atoms with Gasteiger partial charge < -0.3 is 19.6 Å². The van der Waals surface area contributed by atoms with E-state index in [-0.39, 0.29) is 17.1 Å². The maximum absolute atomic E-state index is 12.8. The number of aryl methyl sites for hydroxylation is 1. The molecule has 0 unspecified atom stereocenters. The minimum Gasteiger partial charge on any atom is -0.507 e. The minimum atomic E-state index is -0.0581. The summed E-state index contributed by atoms with van der Waals surface area (Å²) in [5.41, 5.74) is 1.63. The predicted molar refractivity (Wildman–Crippen MR) is 97.9 cm³/mol. The molecule has 3 rings (SSSR count). The summed E-state index contributed by atoms with van der Waals surface area (Å²) >= 11 is 0. The maximum atomic E-state index is 12.8. The summed E-state index contributed by atoms with van der Waals surface area (Å²) in [5.74, 6) is 0.0139. The Morgan fingerprint density at radius 3 is 2.80 bits per heavy atom. The monoisotopic (exact) mass is 346 g/mol. The number of piperidine rings is 1. The summed E-state index contributed by atoms with van der Waals surface area (Å²) in [5, 5.41) is 10.0. The lowest BCUT2D eigenvalue weighted by Gasteiger charge is -2.38. The second-order valence-electron chi connectivity index (χ2n) is 7.80. The van der Waals surface area contributed by atoms with Gasteiger partial charge in [0.15, 0.2) is 0 Å². The molecular formula is C20H30N2O3. The van der Waals surface area contributed by atoms with Crippen molar-refractivity contribution in [2.45, 2.75) is 39.2 Å². The largest absolute Gasteiger partial charge is 0.507 e. The average molecular weight is 346 g/mol. The van der Waals surface area contributed by atoms with Crippen LogP contribution in [-0.4, -0.2) is 66.8 Å². The Labute approximate surface area is 150 Å². The van der Waals surface area contributed by atoms with Gasteiger partial charge in [0.05, 0.1) is 18.3 Å². The summed E-state index contributed by atoms with van der Waals surface area (Å²) in [4.78, 5) is 16.9. The number of ether oxygens (including phenoxy) is 1. The van der Waals surface area contributed by atoms with Gasteiger partial charge in [0.1, 0.15) is 5.75 Å². The summed E-state index contributed by atoms with van der Waals surface area (Å²) < 4.78 is 6.05. The highest BCUT2D eigenvalue weighted by Crippen LogP contribution is 2.42. The molecule has 2 aliphatic heterocycles. The number of hydrogen-bond donors (Lipinski definition) is 1. The van der Waals surface area contributed by atoms with Crippen LogP contribution in [0, 0.1) is 12.3 Å². The van der Waals surface area contributed by atoms with Gasteiger partial charge in [-0.15, -0.1) is 0 Å². The molecule has 1 spiro atoms. The molecule has 1 aromatic carbocycles. The molecule has 2 aliphatic rings. The zero-order chi connectivity index (χ0) is 18.0. The van der Waals surface area contributed by atoms with Gasteiger partial charge in [0.25, 0.3) is 5.91 Å². The van der Waals surface area contributed by atoms with Gasteiger partial charge in [-0.1, -0.05) is 18.6 Å². The average Bonchev–Trinajstić information content (AvgIpc) is 2.99. The van der Waals surface area contributed by atoms with Crippen LogP contribution in [0.25, 0.3) is 0 Å². The zero-order valence-electron chi connectivity index (χ0n) is 15.6. The lowest BCUT2D eigenvalue weighted by molar-refractivity contribution is 0.0462. The van der Waals surface area contributed by atoms with Crippen LogP contribution < -0.4 is 0 Å². The van der Waals surface area contributed by atoms with E-state index < -0.39 is 0 Å². The lowest BCUT2D eigenvalue weighted by atomic mass is 9.76. The maximum Gasteiger partial charge on any atom is 0.257 e. The Morgan fingerprint density at radius 1 is 1.40 bits per heavy atom. The van der Waals surface area contributed by atoms with E-state index in [0.29, 0.717) is 11.7 Å². The quantitative estimate of drug-likeness (QED) is 0.911. The highest BCUT2D eigenvalue weighted by Gasteiger charge is 2.43. The van der Waals surface area contributed by atoms with Crippen molar-refractivity contribution in [3.63, 3.8) is 0 Å². The van der Waals surface area contributed by atoms with Crippen molar-refractivity contribution < 1.29 is 14.6 Å². The third-order valence-corrected chi connectivity index (χ3v) is 5.83. The van der Waals surface area contributed by atoms with Crippen molar-refractivity contribution in [1.29, 1.82) is 0 Å². The Balaban J connectivity index is 1.59. The number of amides is 1. The van der Waals surface area contributed by atoms with Crippen molar-refractivity contribution in [1.82, 2.24) is 9.80 Å². The van der Waals surface area contributed by atoms with Crippen LogP contribution in [0.5, 0.6) is 5.75 Å². The predicted octanol–water partition coefficient (Wildman–Crippen LogP) is 2.66. The van der Waals surface area contributed by atoms with E-state index in [1.54, 1.807) is 12.1 Å². The number of benzene rings is 1. The number of aromatic hydroxyl groups is 1. The van der Waals surface area contributed by atoms with Crippen LogP contribution in [0.3, 0.4) is 0 Å². The van der Waals surface area contributed by atoms with Crippen LogP contribution in [0.15, 0.2) is 18.2 Å². The molecule has 2 fully saturated rings. The highest BCUT2D eigenvalue weighted by atomic mass is 16.5. The zero-order valence-corrected chi connectivity index (χ0v) is 15.6. The van der Waals surface area contributed by atoms with Crippen LogP contribution in [0.4, 0.5) is 0 Å². The summed E-state index contributed by atoms with van der Waals surface area (Å²) in [6, 6.07) is 5.20. The molecule has 5 heteroatoms. The Bertz CT molecular complexity index is 623. The standard InChI is InChI=1S/C20H30N2O3/c1-4-21(3)13-16-12-20(14-25-16)7-9-22(10-8-20)19(24)17-11-15(2)5-6-18(17)23/h5-6,11,16,23H,4,7-10,12-14H2,1-3H3/t16-/m0/s1. The molecule has 0 radical (unpaired) electrons. The Kier molecular flexibility index (Phi) is 5.35. The second kappa shape index (κ2) is 7.34. The van der Waals surface area contributed by atoms with Gasteiger partial charge in [-0.05, 0) is 57.3 Å². The van der Waals surface area contributed by atoms with E-state index in [1.807, 2.05) is 17.9 Å². The van der Waals surface area contributed by atoms with Crippen LogP contribution >= 0.6 is 0 Å². The number of likely N-dealkylation sites (tertiary alicyclic amines) is 1. The van der Waals surface area contributed by atoms with Gasteiger partial charge in [0.2, 0.25) is 0 Å². The van der Waals surface area contributed by atoms with E-state index in [0.717, 1.165) is 57.6 Å². The number of carbonyl (C=O) groups excluding carboxylic acids is 1. The first kappa shape index (κ1) is 18.2. The Hall–Kier alpha value is -1.59. The van der Waals surface area contributed by atoms with Gasteiger partial charge in [0, 0.05) is 19.6 Å². The van der Waals surface area contributed by atoms with Crippen molar-refractivity contribution in [3.8, 4) is 5.75 Å². The first-order valence-electron chi connectivity index (χ1n) is 9.31. The third kappa shape index (κ3) is 3.98. The molecule has 2 heterocycles. The van der Waals surface area contributed by atoms with Crippen LogP contribution in [-0.2, 0) is 4.74 Å². The molecule has 0 bridgehead atoms. The third-order valence-electron chi connectivity index (χ3n) is 5.83. The minimum absolute atomic E-state index is 0.0581. The fraction of sp³-hybridized carbons (Fsp3) is 0.650. The van der Waals surface area contributed by atoms with E-state index in [9.17, 15) is 9.90 Å². The van der Waals surface area contributed by atoms with Crippen molar-refractivity contribution in [3.05, 3.63) is 29.3 Å². The van der Waals surface area contributed by atoms with E-state index in [1.165, 1.54) is 0 Å². The number of likely N-dealkylation sites (N-methyl/N-ethyl adjacent to an activating group) is 1. The van der Waals surface area contributed by atoms with Crippen molar-refractivity contribution in [2.24, 2.45) is 5.41 Å². The fourth-order valence-corrected chi connectivity index (χ4v) is 4.01. The lowest BCUT2D eigenvalue weighted by Crippen LogP contribution is -2.43. The number of hydrogen-bond acceptors (Lipinski definition) is 4. The second-order valence-corrected chi connectivity index (χ2v) is 7.80. The molecule has 138 valence electrons. The summed E-state index contributed by atoms with van der Waals surface area (Å²) in [7, 11) is 2.13. The summed E-state index contributed by atoms with van der Waals surface area (Å²) in [6.07, 6.45) is 3.37. The topological polar surface area (TPSA) is 53.0 Å². The van der Waals surface area contributed by atoms with Gasteiger partial charge in [-0.25, -0.2) is 0 Å². The molecule has 25 heavy (non-hydrogen) atoms. The Morgan fingerprint density at radius 2 is 2.12 bits per heavy atom. The van der Waals surface area contributed by atoms with E-state index in [4.69, 9.17) is 4.74 Å². The molecule has 1 atom stereocenters. The molecule has 2 saturated heterocycles. The van der Waals surface area contributed by atoms with Crippen molar-refractivity contribution in [2.75, 3.05) is 39.8 Å². The number of carbonyl (C=O) groups is 1. The number of nitrogens with zero attached hydrogens (tertiary/aromatic N) is 2. The number of rotatable bonds is 4. The molecule has 1 amide bonds. The highest BCUT2D eigenvalue weighted by molar-refractivity contribution is 5.97. The van der Waals surface area contributed by atoms with Gasteiger partial charge in [-0.3, -0.25) is 4.79 Å². The van der Waals surface area contributed by atoms with Crippen LogP contribution in [0.1, 0.15) is 42.1 Å². The first-order chi connectivity index (χ1) is 11.9. The van der Waals surface area contributed by atoms with Gasteiger partial charge >= 0.3 is 0 Å². The molecule has 0 saturated carbocycles. The van der Waals surface area contributed by atoms with Gasteiger partial charge in [-0.2, -0.15) is 0 Å².